The van der Waals surface area contributed by atoms with Crippen LogP contribution < -0.4 is 0 Å². The molecule has 1 amide bonds. The highest BCUT2D eigenvalue weighted by Crippen LogP contribution is 2.36. The van der Waals surface area contributed by atoms with Crippen molar-refractivity contribution < 1.29 is 9.21 Å². The van der Waals surface area contributed by atoms with Crippen molar-refractivity contribution in [2.75, 3.05) is 7.05 Å². The Kier molecular flexibility index (Phi) is 6.20. The Morgan fingerprint density at radius 3 is 2.72 bits per heavy atom. The van der Waals surface area contributed by atoms with E-state index in [1.54, 1.807) is 19.2 Å². The number of hydrogen-bond acceptors (Lipinski definition) is 5. The molecule has 0 atom stereocenters. The maximum absolute atomic E-state index is 12.6. The molecule has 3 aromatic rings. The van der Waals surface area contributed by atoms with Gasteiger partial charge in [-0.15, -0.1) is 0 Å². The zero-order valence-electron chi connectivity index (χ0n) is 15.1. The average molecular weight is 506 g/mol. The van der Waals surface area contributed by atoms with E-state index in [1.807, 2.05) is 54.6 Å². The highest BCUT2D eigenvalue weighted by molar-refractivity contribution is 9.10. The molecule has 8 heteroatoms. The van der Waals surface area contributed by atoms with Crippen molar-refractivity contribution in [2.45, 2.75) is 9.99 Å². The molecule has 1 aromatic heterocycles. The van der Waals surface area contributed by atoms with Gasteiger partial charge in [0, 0.05) is 22.5 Å². The fourth-order valence-corrected chi connectivity index (χ4v) is 4.71. The van der Waals surface area contributed by atoms with Crippen molar-refractivity contribution in [3.8, 4) is 0 Å². The second-order valence-corrected chi connectivity index (χ2v) is 9.39. The van der Waals surface area contributed by atoms with Crippen LogP contribution in [-0.2, 0) is 4.79 Å². The quantitative estimate of drug-likeness (QED) is 0.355. The van der Waals surface area contributed by atoms with Gasteiger partial charge in [0.25, 0.3) is 5.91 Å². The largest absolute Gasteiger partial charge is 0.450 e. The summed E-state index contributed by atoms with van der Waals surface area (Å²) in [7, 11) is 1.70. The zero-order chi connectivity index (χ0) is 20.4. The van der Waals surface area contributed by atoms with Crippen LogP contribution in [0.1, 0.15) is 5.76 Å². The molecule has 2 heterocycles. The van der Waals surface area contributed by atoms with Gasteiger partial charge < -0.3 is 4.42 Å². The zero-order valence-corrected chi connectivity index (χ0v) is 19.1. The summed E-state index contributed by atoms with van der Waals surface area (Å²) in [4.78, 5) is 20.3. The molecule has 1 saturated heterocycles. The van der Waals surface area contributed by atoms with Gasteiger partial charge in [-0.25, -0.2) is 4.99 Å². The second kappa shape index (κ2) is 8.83. The molecule has 0 aliphatic carbocycles. The van der Waals surface area contributed by atoms with E-state index >= 15 is 0 Å². The molecule has 1 aliphatic heterocycles. The second-order valence-electron chi connectivity index (χ2n) is 6.04. The lowest BCUT2D eigenvalue weighted by molar-refractivity contribution is -0.121. The maximum atomic E-state index is 12.6. The number of carbonyl (C=O) groups is 1. The number of halogens is 2. The minimum Gasteiger partial charge on any atom is -0.450 e. The fraction of sp³-hybridized carbons (Fsp3) is 0.0476. The number of likely N-dealkylation sites (N-methyl/N-ethyl adjacent to an activating group) is 1. The van der Waals surface area contributed by atoms with E-state index < -0.39 is 0 Å². The topological polar surface area (TPSA) is 45.8 Å². The molecule has 0 N–H and O–H groups in total. The van der Waals surface area contributed by atoms with E-state index in [1.165, 1.54) is 28.4 Å². The number of benzene rings is 2. The van der Waals surface area contributed by atoms with Crippen LogP contribution in [0.15, 0.2) is 89.4 Å². The normalized spacial score (nSPS) is 16.9. The van der Waals surface area contributed by atoms with E-state index in [0.717, 1.165) is 14.5 Å². The minimum atomic E-state index is -0.120. The lowest BCUT2D eigenvalue weighted by Gasteiger charge is -2.07. The highest BCUT2D eigenvalue weighted by atomic mass is 79.9. The molecule has 0 unspecified atom stereocenters. The Bertz CT molecular complexity index is 1130. The lowest BCUT2D eigenvalue weighted by Crippen LogP contribution is -2.23. The summed E-state index contributed by atoms with van der Waals surface area (Å²) >= 11 is 12.3. The number of rotatable bonds is 4. The van der Waals surface area contributed by atoms with Crippen molar-refractivity contribution in [2.24, 2.45) is 4.99 Å². The molecular weight excluding hydrogens is 492 g/mol. The Morgan fingerprint density at radius 2 is 1.97 bits per heavy atom. The number of hydrogen-bond donors (Lipinski definition) is 0. The Labute approximate surface area is 190 Å². The van der Waals surface area contributed by atoms with Crippen molar-refractivity contribution in [3.63, 3.8) is 0 Å². The van der Waals surface area contributed by atoms with Gasteiger partial charge in [-0.2, -0.15) is 0 Å². The van der Waals surface area contributed by atoms with Gasteiger partial charge in [-0.1, -0.05) is 41.6 Å². The Hall–Kier alpha value is -1.93. The van der Waals surface area contributed by atoms with Crippen LogP contribution >= 0.6 is 51.1 Å². The summed E-state index contributed by atoms with van der Waals surface area (Å²) in [5.41, 5.74) is 0.682. The first-order valence-electron chi connectivity index (χ1n) is 8.54. The van der Waals surface area contributed by atoms with Crippen LogP contribution in [0.4, 0.5) is 5.69 Å². The Morgan fingerprint density at radius 1 is 1.17 bits per heavy atom. The van der Waals surface area contributed by atoms with Gasteiger partial charge in [0.05, 0.1) is 15.6 Å². The first kappa shape index (κ1) is 20.3. The van der Waals surface area contributed by atoms with Gasteiger partial charge in [0.1, 0.15) is 5.76 Å². The third-order valence-electron chi connectivity index (χ3n) is 3.97. The van der Waals surface area contributed by atoms with Crippen molar-refractivity contribution in [1.82, 2.24) is 4.90 Å². The number of furan rings is 1. The number of amidine groups is 1. The van der Waals surface area contributed by atoms with Crippen LogP contribution in [0.3, 0.4) is 0 Å². The summed E-state index contributed by atoms with van der Waals surface area (Å²) in [6, 6.07) is 19.2. The van der Waals surface area contributed by atoms with Gasteiger partial charge in [-0.05, 0) is 70.2 Å². The SMILES string of the molecule is CN1C(=O)/C(=C\c2ccc(Sc3ccccc3)o2)SC1=Nc1ccc(Br)c(Cl)c1. The molecule has 2 aromatic carbocycles. The van der Waals surface area contributed by atoms with Crippen molar-refractivity contribution in [3.05, 3.63) is 80.8 Å². The molecule has 1 aliphatic rings. The molecule has 146 valence electrons. The standard InChI is InChI=1S/C21H14BrClN2O2S2/c1-25-20(26)18(29-21(25)24-13-7-9-16(22)17(23)11-13)12-14-8-10-19(27-14)28-15-5-3-2-4-6-15/h2-12H,1H3/b18-12+,24-21?. The van der Waals surface area contributed by atoms with Gasteiger partial charge in [0.15, 0.2) is 10.3 Å². The highest BCUT2D eigenvalue weighted by Gasteiger charge is 2.30. The summed E-state index contributed by atoms with van der Waals surface area (Å²) < 4.78 is 6.66. The number of nitrogens with zero attached hydrogens (tertiary/aromatic N) is 2. The lowest BCUT2D eigenvalue weighted by atomic mass is 10.3. The smallest absolute Gasteiger partial charge is 0.266 e. The summed E-state index contributed by atoms with van der Waals surface area (Å²) in [6.07, 6.45) is 1.75. The van der Waals surface area contributed by atoms with E-state index in [2.05, 4.69) is 20.9 Å². The monoisotopic (exact) mass is 504 g/mol. The van der Waals surface area contributed by atoms with Crippen LogP contribution in [0, 0.1) is 0 Å². The summed E-state index contributed by atoms with van der Waals surface area (Å²) in [5, 5.41) is 1.92. The summed E-state index contributed by atoms with van der Waals surface area (Å²) in [6.45, 7) is 0. The third-order valence-corrected chi connectivity index (χ3v) is 7.19. The first-order valence-corrected chi connectivity index (χ1v) is 11.3. The van der Waals surface area contributed by atoms with Crippen molar-refractivity contribution >= 4 is 73.9 Å². The van der Waals surface area contributed by atoms with E-state index in [0.29, 0.717) is 26.5 Å². The molecule has 1 fully saturated rings. The molecule has 0 radical (unpaired) electrons. The molecule has 4 rings (SSSR count). The Balaban J connectivity index is 1.53. The predicted molar refractivity (Wildman–Crippen MR) is 124 cm³/mol. The molecular formula is C21H14BrClN2O2S2. The van der Waals surface area contributed by atoms with Gasteiger partial charge in [-0.3, -0.25) is 9.69 Å². The molecule has 4 nitrogen and oxygen atoms in total. The number of thioether (sulfide) groups is 1. The molecule has 29 heavy (non-hydrogen) atoms. The minimum absolute atomic E-state index is 0.120. The molecule has 0 saturated carbocycles. The molecule has 0 spiro atoms. The average Bonchev–Trinajstić information content (AvgIpc) is 3.25. The van der Waals surface area contributed by atoms with Crippen molar-refractivity contribution in [1.29, 1.82) is 0 Å². The van der Waals surface area contributed by atoms with Crippen LogP contribution in [0.25, 0.3) is 6.08 Å². The van der Waals surface area contributed by atoms with E-state index in [4.69, 9.17) is 16.0 Å². The maximum Gasteiger partial charge on any atom is 0.266 e. The van der Waals surface area contributed by atoms with E-state index in [-0.39, 0.29) is 5.91 Å². The first-order chi connectivity index (χ1) is 14.0. The molecule has 0 bridgehead atoms. The predicted octanol–water partition coefficient (Wildman–Crippen LogP) is 7.08. The number of amides is 1. The van der Waals surface area contributed by atoms with Gasteiger partial charge >= 0.3 is 0 Å². The van der Waals surface area contributed by atoms with Gasteiger partial charge in [0.2, 0.25) is 0 Å². The van der Waals surface area contributed by atoms with Crippen LogP contribution in [0.5, 0.6) is 0 Å². The van der Waals surface area contributed by atoms with Crippen LogP contribution in [0.2, 0.25) is 5.02 Å². The number of carbonyl (C=O) groups excluding carboxylic acids is 1. The number of aliphatic imine (C=N–C) groups is 1. The third kappa shape index (κ3) is 4.80. The fourth-order valence-electron chi connectivity index (χ4n) is 2.52. The summed E-state index contributed by atoms with van der Waals surface area (Å²) in [5.74, 6) is 0.506. The van der Waals surface area contributed by atoms with E-state index in [9.17, 15) is 4.79 Å². The van der Waals surface area contributed by atoms with Crippen LogP contribution in [-0.4, -0.2) is 23.0 Å².